The number of methoxy groups -OCH3 is 1. The van der Waals surface area contributed by atoms with Gasteiger partial charge in [-0.2, -0.15) is 0 Å². The second kappa shape index (κ2) is 9.82. The Balaban J connectivity index is 1.45. The first kappa shape index (κ1) is 20.5. The lowest BCUT2D eigenvalue weighted by atomic mass is 10.2. The van der Waals surface area contributed by atoms with Crippen molar-refractivity contribution >= 4 is 46.9 Å². The number of nitrogens with zero attached hydrogens (tertiary/aromatic N) is 2. The molecule has 0 atom stereocenters. The van der Waals surface area contributed by atoms with Crippen LogP contribution in [0.2, 0.25) is 10.0 Å². The van der Waals surface area contributed by atoms with E-state index in [0.717, 1.165) is 16.4 Å². The summed E-state index contributed by atoms with van der Waals surface area (Å²) >= 11 is 13.7. The lowest BCUT2D eigenvalue weighted by molar-refractivity contribution is -0.116. The average molecular weight is 438 g/mol. The summed E-state index contributed by atoms with van der Waals surface area (Å²) in [6, 6.07) is 12.8. The molecule has 9 heteroatoms. The van der Waals surface area contributed by atoms with Crippen LogP contribution in [0.25, 0.3) is 11.5 Å². The van der Waals surface area contributed by atoms with Gasteiger partial charge in [-0.3, -0.25) is 10.1 Å². The SMILES string of the molecule is COc1ccc(SCCCC(=O)Nc2nnc(-c3ccc(Cl)cc3Cl)o2)cc1. The van der Waals surface area contributed by atoms with Crippen LogP contribution in [0.15, 0.2) is 51.8 Å². The highest BCUT2D eigenvalue weighted by Gasteiger charge is 2.14. The highest BCUT2D eigenvalue weighted by molar-refractivity contribution is 7.99. The summed E-state index contributed by atoms with van der Waals surface area (Å²) in [7, 11) is 1.64. The molecular formula is C19H17Cl2N3O3S. The van der Waals surface area contributed by atoms with Gasteiger partial charge in [0.2, 0.25) is 5.91 Å². The largest absolute Gasteiger partial charge is 0.497 e. The minimum Gasteiger partial charge on any atom is -0.497 e. The van der Waals surface area contributed by atoms with Gasteiger partial charge in [-0.25, -0.2) is 0 Å². The van der Waals surface area contributed by atoms with Crippen LogP contribution in [0.4, 0.5) is 6.01 Å². The Bertz CT molecular complexity index is 948. The third kappa shape index (κ3) is 5.64. The first-order chi connectivity index (χ1) is 13.5. The minimum absolute atomic E-state index is 0.0359. The summed E-state index contributed by atoms with van der Waals surface area (Å²) in [5.74, 6) is 1.66. The fraction of sp³-hybridized carbons (Fsp3) is 0.211. The molecule has 0 saturated heterocycles. The molecule has 6 nitrogen and oxygen atoms in total. The number of benzene rings is 2. The van der Waals surface area contributed by atoms with Gasteiger partial charge in [-0.05, 0) is 54.6 Å². The third-order valence-electron chi connectivity index (χ3n) is 3.71. The van der Waals surface area contributed by atoms with Gasteiger partial charge < -0.3 is 9.15 Å². The number of carbonyl (C=O) groups excluding carboxylic acids is 1. The fourth-order valence-corrected chi connectivity index (χ4v) is 3.66. The van der Waals surface area contributed by atoms with Crippen molar-refractivity contribution in [3.63, 3.8) is 0 Å². The summed E-state index contributed by atoms with van der Waals surface area (Å²) in [4.78, 5) is 13.2. The fourth-order valence-electron chi connectivity index (χ4n) is 2.32. The maximum Gasteiger partial charge on any atom is 0.322 e. The topological polar surface area (TPSA) is 77.2 Å². The number of ether oxygens (including phenoxy) is 1. The number of thioether (sulfide) groups is 1. The van der Waals surface area contributed by atoms with Crippen LogP contribution < -0.4 is 10.1 Å². The Labute approximate surface area is 176 Å². The molecule has 1 aromatic heterocycles. The lowest BCUT2D eigenvalue weighted by Gasteiger charge is -2.03. The molecule has 28 heavy (non-hydrogen) atoms. The maximum atomic E-state index is 12.1. The number of aromatic nitrogens is 2. The van der Waals surface area contributed by atoms with E-state index in [-0.39, 0.29) is 17.8 Å². The molecule has 1 N–H and O–H groups in total. The molecule has 0 saturated carbocycles. The predicted octanol–water partition coefficient (Wildman–Crippen LogP) is 5.56. The number of nitrogens with one attached hydrogen (secondary N) is 1. The van der Waals surface area contributed by atoms with Crippen molar-refractivity contribution in [2.24, 2.45) is 0 Å². The number of hydrogen-bond donors (Lipinski definition) is 1. The molecule has 0 fully saturated rings. The first-order valence-corrected chi connectivity index (χ1v) is 10.1. The zero-order chi connectivity index (χ0) is 19.9. The maximum absolute atomic E-state index is 12.1. The Morgan fingerprint density at radius 1 is 1.18 bits per heavy atom. The van der Waals surface area contributed by atoms with E-state index in [9.17, 15) is 4.79 Å². The molecule has 146 valence electrons. The van der Waals surface area contributed by atoms with E-state index < -0.39 is 0 Å². The van der Waals surface area contributed by atoms with E-state index in [1.165, 1.54) is 0 Å². The van der Waals surface area contributed by atoms with Gasteiger partial charge in [0.15, 0.2) is 0 Å². The van der Waals surface area contributed by atoms with Crippen LogP contribution in [0, 0.1) is 0 Å². The van der Waals surface area contributed by atoms with E-state index in [2.05, 4.69) is 15.5 Å². The summed E-state index contributed by atoms with van der Waals surface area (Å²) in [5, 5.41) is 11.2. The molecule has 0 spiro atoms. The Hall–Kier alpha value is -2.22. The number of halogens is 2. The zero-order valence-corrected chi connectivity index (χ0v) is 17.3. The normalized spacial score (nSPS) is 10.7. The molecule has 2 aromatic carbocycles. The molecule has 1 heterocycles. The molecule has 3 rings (SSSR count). The van der Waals surface area contributed by atoms with E-state index in [0.29, 0.717) is 28.5 Å². The number of anilines is 1. The summed E-state index contributed by atoms with van der Waals surface area (Å²) in [6.07, 6.45) is 1.06. The van der Waals surface area contributed by atoms with E-state index >= 15 is 0 Å². The third-order valence-corrected chi connectivity index (χ3v) is 5.36. The van der Waals surface area contributed by atoms with Gasteiger partial charge in [-0.1, -0.05) is 28.3 Å². The van der Waals surface area contributed by atoms with Crippen molar-refractivity contribution in [2.45, 2.75) is 17.7 Å². The van der Waals surface area contributed by atoms with E-state index in [1.807, 2.05) is 24.3 Å². The monoisotopic (exact) mass is 437 g/mol. The quantitative estimate of drug-likeness (QED) is 0.366. The van der Waals surface area contributed by atoms with Crippen molar-refractivity contribution in [3.8, 4) is 17.2 Å². The van der Waals surface area contributed by atoms with Gasteiger partial charge in [0, 0.05) is 16.3 Å². The van der Waals surface area contributed by atoms with Crippen LogP contribution in [-0.2, 0) is 4.79 Å². The second-order valence-electron chi connectivity index (χ2n) is 5.71. The molecule has 0 unspecified atom stereocenters. The Kier molecular flexibility index (Phi) is 7.19. The van der Waals surface area contributed by atoms with Crippen LogP contribution in [0.3, 0.4) is 0 Å². The molecule has 3 aromatic rings. The van der Waals surface area contributed by atoms with Gasteiger partial charge in [0.25, 0.3) is 5.89 Å². The van der Waals surface area contributed by atoms with Crippen molar-refractivity contribution in [3.05, 3.63) is 52.5 Å². The summed E-state index contributed by atoms with van der Waals surface area (Å²) < 4.78 is 10.6. The highest BCUT2D eigenvalue weighted by Crippen LogP contribution is 2.30. The molecule has 0 radical (unpaired) electrons. The molecule has 0 aliphatic carbocycles. The van der Waals surface area contributed by atoms with Gasteiger partial charge >= 0.3 is 6.01 Å². The lowest BCUT2D eigenvalue weighted by Crippen LogP contribution is -2.11. The number of carbonyl (C=O) groups is 1. The van der Waals surface area contributed by atoms with Crippen molar-refractivity contribution in [1.29, 1.82) is 0 Å². The van der Waals surface area contributed by atoms with E-state index in [4.69, 9.17) is 32.4 Å². The smallest absolute Gasteiger partial charge is 0.322 e. The van der Waals surface area contributed by atoms with Crippen molar-refractivity contribution in [1.82, 2.24) is 10.2 Å². The summed E-state index contributed by atoms with van der Waals surface area (Å²) in [5.41, 5.74) is 0.551. The molecule has 0 aliphatic heterocycles. The standard InChI is InChI=1S/C19H17Cl2N3O3S/c1-26-13-5-7-14(8-6-13)28-10-2-3-17(25)22-19-24-23-18(27-19)15-9-4-12(20)11-16(15)21/h4-9,11H,2-3,10H2,1H3,(H,22,24,25). The van der Waals surface area contributed by atoms with Gasteiger partial charge in [0.05, 0.1) is 17.7 Å². The predicted molar refractivity (Wildman–Crippen MR) is 111 cm³/mol. The molecule has 1 amide bonds. The number of hydrogen-bond acceptors (Lipinski definition) is 6. The average Bonchev–Trinajstić information content (AvgIpc) is 3.13. The second-order valence-corrected chi connectivity index (χ2v) is 7.72. The Morgan fingerprint density at radius 3 is 2.68 bits per heavy atom. The van der Waals surface area contributed by atoms with Crippen LogP contribution in [0.5, 0.6) is 5.75 Å². The summed E-state index contributed by atoms with van der Waals surface area (Å²) in [6.45, 7) is 0. The zero-order valence-electron chi connectivity index (χ0n) is 14.9. The van der Waals surface area contributed by atoms with Crippen LogP contribution in [-0.4, -0.2) is 29.0 Å². The van der Waals surface area contributed by atoms with Crippen molar-refractivity contribution < 1.29 is 13.9 Å². The molecule has 0 aliphatic rings. The number of amides is 1. The van der Waals surface area contributed by atoms with E-state index in [1.54, 1.807) is 37.1 Å². The Morgan fingerprint density at radius 2 is 1.96 bits per heavy atom. The van der Waals surface area contributed by atoms with Crippen LogP contribution >= 0.6 is 35.0 Å². The number of rotatable bonds is 8. The van der Waals surface area contributed by atoms with Crippen molar-refractivity contribution in [2.75, 3.05) is 18.2 Å². The molecule has 0 bridgehead atoms. The van der Waals surface area contributed by atoms with Gasteiger partial charge in [0.1, 0.15) is 5.75 Å². The van der Waals surface area contributed by atoms with Gasteiger partial charge in [-0.15, -0.1) is 16.9 Å². The highest BCUT2D eigenvalue weighted by atomic mass is 35.5. The first-order valence-electron chi connectivity index (χ1n) is 8.41. The minimum atomic E-state index is -0.187. The molecular weight excluding hydrogens is 421 g/mol. The van der Waals surface area contributed by atoms with Crippen LogP contribution in [0.1, 0.15) is 12.8 Å².